The number of allylic oxidation sites excluding steroid dienone is 5. The van der Waals surface area contributed by atoms with Crippen LogP contribution in [-0.4, -0.2) is 71.4 Å². The number of nitrogens with one attached hydrogen (secondary N) is 1. The van der Waals surface area contributed by atoms with Crippen molar-refractivity contribution in [3.05, 3.63) is 72.2 Å². The first kappa shape index (κ1) is 30.3. The first-order valence-corrected chi connectivity index (χ1v) is 12.0. The van der Waals surface area contributed by atoms with Crippen molar-refractivity contribution in [2.24, 2.45) is 17.0 Å². The van der Waals surface area contributed by atoms with Crippen molar-refractivity contribution in [1.82, 2.24) is 5.32 Å². The number of aliphatic hydroxyl groups is 3. The minimum Gasteiger partial charge on any atom is -0.511 e. The second kappa shape index (κ2) is 16.0. The molecule has 0 saturated carbocycles. The Morgan fingerprint density at radius 3 is 2.79 bits per heavy atom. The van der Waals surface area contributed by atoms with Gasteiger partial charge in [0.1, 0.15) is 31.0 Å². The molecular weight excluding hydrogens is 496 g/mol. The summed E-state index contributed by atoms with van der Waals surface area (Å²) < 4.78 is 10.9. The molecule has 0 bridgehead atoms. The van der Waals surface area contributed by atoms with Crippen LogP contribution in [0.15, 0.2) is 77.4 Å². The second-order valence-corrected chi connectivity index (χ2v) is 8.55. The van der Waals surface area contributed by atoms with Crippen LogP contribution < -0.4 is 5.32 Å². The fraction of sp³-hybridized carbons (Fsp3) is 0.407. The normalized spacial score (nSPS) is 29.4. The van der Waals surface area contributed by atoms with Crippen LogP contribution in [0, 0.1) is 11.8 Å². The van der Waals surface area contributed by atoms with E-state index in [0.717, 1.165) is 0 Å². The minimum absolute atomic E-state index is 0.0467. The molecule has 1 aliphatic heterocycles. The number of rotatable bonds is 7. The van der Waals surface area contributed by atoms with Gasteiger partial charge in [0.25, 0.3) is 0 Å². The quantitative estimate of drug-likeness (QED) is 0.127. The van der Waals surface area contributed by atoms with Gasteiger partial charge in [-0.05, 0) is 37.1 Å². The van der Waals surface area contributed by atoms with E-state index in [1.807, 2.05) is 0 Å². The van der Waals surface area contributed by atoms with Gasteiger partial charge in [-0.2, -0.15) is 0 Å². The molecule has 0 aromatic rings. The van der Waals surface area contributed by atoms with Crippen LogP contribution in [0.3, 0.4) is 0 Å². The number of hydrogen-bond acceptors (Lipinski definition) is 10. The van der Waals surface area contributed by atoms with Gasteiger partial charge in [-0.1, -0.05) is 35.5 Å². The number of cyclic esters (lactones) is 2. The van der Waals surface area contributed by atoms with Crippen LogP contribution in [0.4, 0.5) is 0 Å². The number of carbonyl (C=O) groups excluding carboxylic acids is 3. The maximum Gasteiger partial charge on any atom is 0.317 e. The summed E-state index contributed by atoms with van der Waals surface area (Å²) in [7, 11) is 1.37. The Hall–Kier alpha value is -3.96. The summed E-state index contributed by atoms with van der Waals surface area (Å²) in [6, 6.07) is 0. The van der Waals surface area contributed by atoms with Crippen LogP contribution in [0.1, 0.15) is 26.2 Å². The summed E-state index contributed by atoms with van der Waals surface area (Å²) >= 11 is 0. The van der Waals surface area contributed by atoms with Crippen LogP contribution >= 0.6 is 0 Å². The third kappa shape index (κ3) is 10.2. The molecule has 5 unspecified atom stereocenters. The molecule has 1 heterocycles. The highest BCUT2D eigenvalue weighted by Gasteiger charge is 2.35. The molecule has 0 saturated heterocycles. The van der Waals surface area contributed by atoms with Gasteiger partial charge in [-0.15, -0.1) is 0 Å². The van der Waals surface area contributed by atoms with Gasteiger partial charge in [-0.25, -0.2) is 0 Å². The van der Waals surface area contributed by atoms with Crippen LogP contribution in [0.5, 0.6) is 0 Å². The third-order valence-corrected chi connectivity index (χ3v) is 5.69. The van der Waals surface area contributed by atoms with Gasteiger partial charge >= 0.3 is 11.9 Å². The Morgan fingerprint density at radius 1 is 1.26 bits per heavy atom. The van der Waals surface area contributed by atoms with Gasteiger partial charge in [0.2, 0.25) is 5.91 Å². The SMILES string of the molecule is CO/N=C\C=C/C(=O)N/C=C/CC1CC(=O)OC(CO)/C=C/C(O)/C(C)=C\CC2C=CC=C(O)C2C(=O)O1. The number of hydrogen-bond donors (Lipinski definition) is 4. The zero-order valence-corrected chi connectivity index (χ0v) is 21.3. The summed E-state index contributed by atoms with van der Waals surface area (Å²) in [5, 5.41) is 36.4. The van der Waals surface area contributed by atoms with E-state index in [1.165, 1.54) is 56.0 Å². The Balaban J connectivity index is 2.22. The van der Waals surface area contributed by atoms with Crippen LogP contribution in [-0.2, 0) is 28.7 Å². The molecule has 0 spiro atoms. The number of fused-ring (bicyclic) bond motifs is 1. The monoisotopic (exact) mass is 530 g/mol. The zero-order valence-electron chi connectivity index (χ0n) is 21.3. The van der Waals surface area contributed by atoms with Crippen molar-refractivity contribution in [3.8, 4) is 0 Å². The summed E-state index contributed by atoms with van der Waals surface area (Å²) in [6.07, 6.45) is 13.1. The van der Waals surface area contributed by atoms with E-state index in [1.54, 1.807) is 25.2 Å². The van der Waals surface area contributed by atoms with Crippen LogP contribution in [0.25, 0.3) is 0 Å². The van der Waals surface area contributed by atoms with Gasteiger partial charge < -0.3 is 34.9 Å². The highest BCUT2D eigenvalue weighted by atomic mass is 16.6. The molecule has 0 fully saturated rings. The smallest absolute Gasteiger partial charge is 0.317 e. The molecule has 0 radical (unpaired) electrons. The van der Waals surface area contributed by atoms with Crippen molar-refractivity contribution in [1.29, 1.82) is 0 Å². The van der Waals surface area contributed by atoms with Gasteiger partial charge in [0.05, 0.1) is 25.3 Å². The molecule has 11 heteroatoms. The number of aliphatic hydroxyl groups excluding tert-OH is 3. The average Bonchev–Trinajstić information content (AvgIpc) is 2.89. The lowest BCUT2D eigenvalue weighted by molar-refractivity contribution is -0.160. The molecule has 0 aromatic heterocycles. The van der Waals surface area contributed by atoms with Crippen molar-refractivity contribution in [2.45, 2.75) is 44.5 Å². The molecule has 1 aliphatic carbocycles. The van der Waals surface area contributed by atoms with E-state index in [-0.39, 0.29) is 18.6 Å². The number of ether oxygens (including phenoxy) is 2. The third-order valence-electron chi connectivity index (χ3n) is 5.69. The summed E-state index contributed by atoms with van der Waals surface area (Å²) in [6.45, 7) is 1.19. The standard InChI is InChI=1S/C27H34N2O9/c1-18-10-11-19-6-3-8-23(32)26(19)27(35)38-20(7-4-14-28-24(33)9-5-15-29-36-2)16-25(34)37-21(17-30)12-13-22(18)31/h3-6,8-10,12-15,19-22,26,30-32H,7,11,16-17H2,1-2H3,(H,28,33)/b9-5-,13-12+,14-4+,18-10-,29-15-. The number of oxime groups is 1. The number of nitrogens with zero attached hydrogens (tertiary/aromatic N) is 1. The van der Waals surface area contributed by atoms with E-state index >= 15 is 0 Å². The predicted molar refractivity (Wildman–Crippen MR) is 138 cm³/mol. The molecule has 2 aliphatic rings. The van der Waals surface area contributed by atoms with Crippen molar-refractivity contribution < 1.29 is 44.0 Å². The fourth-order valence-corrected chi connectivity index (χ4v) is 3.65. The van der Waals surface area contributed by atoms with E-state index < -0.39 is 54.6 Å². The highest BCUT2D eigenvalue weighted by molar-refractivity contribution is 5.92. The first-order valence-electron chi connectivity index (χ1n) is 12.0. The lowest BCUT2D eigenvalue weighted by atomic mass is 9.83. The first-order chi connectivity index (χ1) is 18.2. The lowest BCUT2D eigenvalue weighted by Gasteiger charge is -2.26. The Morgan fingerprint density at radius 2 is 2.05 bits per heavy atom. The topological polar surface area (TPSA) is 164 Å². The Kier molecular flexibility index (Phi) is 12.7. The molecule has 2 rings (SSSR count). The summed E-state index contributed by atoms with van der Waals surface area (Å²) in [4.78, 5) is 42.0. The van der Waals surface area contributed by atoms with Crippen molar-refractivity contribution in [2.75, 3.05) is 13.7 Å². The molecule has 5 atom stereocenters. The molecule has 206 valence electrons. The fourth-order valence-electron chi connectivity index (χ4n) is 3.65. The molecule has 4 N–H and O–H groups in total. The number of carbonyl (C=O) groups is 3. The van der Waals surface area contributed by atoms with Gasteiger partial charge in [0.15, 0.2) is 0 Å². The largest absolute Gasteiger partial charge is 0.511 e. The van der Waals surface area contributed by atoms with E-state index in [9.17, 15) is 29.7 Å². The van der Waals surface area contributed by atoms with Gasteiger partial charge in [0, 0.05) is 24.6 Å². The van der Waals surface area contributed by atoms with Crippen molar-refractivity contribution in [3.63, 3.8) is 0 Å². The minimum atomic E-state index is -1.01. The number of esters is 2. The summed E-state index contributed by atoms with van der Waals surface area (Å²) in [5.41, 5.74) is 0.583. The maximum atomic E-state index is 13.1. The lowest BCUT2D eigenvalue weighted by Crippen LogP contribution is -2.33. The van der Waals surface area contributed by atoms with Gasteiger partial charge in [-0.3, -0.25) is 14.4 Å². The van der Waals surface area contributed by atoms with E-state index in [0.29, 0.717) is 12.0 Å². The van der Waals surface area contributed by atoms with E-state index in [2.05, 4.69) is 15.3 Å². The van der Waals surface area contributed by atoms with Crippen LogP contribution in [0.2, 0.25) is 0 Å². The molecule has 0 aromatic carbocycles. The Labute approximate surface area is 221 Å². The molecular formula is C27H34N2O9. The van der Waals surface area contributed by atoms with E-state index in [4.69, 9.17) is 9.47 Å². The molecule has 1 amide bonds. The number of amides is 1. The maximum absolute atomic E-state index is 13.1. The van der Waals surface area contributed by atoms with Crippen molar-refractivity contribution >= 4 is 24.1 Å². The molecule has 11 nitrogen and oxygen atoms in total. The highest BCUT2D eigenvalue weighted by Crippen LogP contribution is 2.31. The predicted octanol–water partition coefficient (Wildman–Crippen LogP) is 1.91. The molecule has 38 heavy (non-hydrogen) atoms. The Bertz CT molecular complexity index is 1040. The zero-order chi connectivity index (χ0) is 27.9. The summed E-state index contributed by atoms with van der Waals surface area (Å²) in [5.74, 6) is -3.55. The second-order valence-electron chi connectivity index (χ2n) is 8.55. The average molecular weight is 531 g/mol.